The second-order valence-corrected chi connectivity index (χ2v) is 3.28. The third-order valence-electron chi connectivity index (χ3n) is 2.40. The summed E-state index contributed by atoms with van der Waals surface area (Å²) < 4.78 is 5.35. The van der Waals surface area contributed by atoms with Crippen molar-refractivity contribution in [2.75, 3.05) is 0 Å². The minimum atomic E-state index is 0.417. The van der Waals surface area contributed by atoms with Crippen LogP contribution in [0.3, 0.4) is 0 Å². The molecule has 0 unspecified atom stereocenters. The summed E-state index contributed by atoms with van der Waals surface area (Å²) in [4.78, 5) is 0. The second kappa shape index (κ2) is 3.55. The fourth-order valence-corrected chi connectivity index (χ4v) is 1.57. The Balaban J connectivity index is 2.59. The molecule has 1 heterocycles. The van der Waals surface area contributed by atoms with Crippen LogP contribution in [-0.2, 0) is 12.8 Å². The number of hydrogen-bond acceptors (Lipinski definition) is 2. The molecular weight excluding hydrogens is 174 g/mol. The van der Waals surface area contributed by atoms with Crippen molar-refractivity contribution in [3.05, 3.63) is 35.6 Å². The molecular formula is C12H11NO. The number of aryl methyl sites for hydroxylation is 1. The largest absolute Gasteiger partial charge is 0.464 e. The molecule has 0 spiro atoms. The molecule has 0 saturated carbocycles. The van der Waals surface area contributed by atoms with Crippen LogP contribution in [0, 0.1) is 11.3 Å². The highest BCUT2D eigenvalue weighted by molar-refractivity contribution is 5.82. The topological polar surface area (TPSA) is 36.9 Å². The van der Waals surface area contributed by atoms with Gasteiger partial charge in [-0.1, -0.05) is 13.0 Å². The minimum absolute atomic E-state index is 0.417. The van der Waals surface area contributed by atoms with Gasteiger partial charge in [-0.2, -0.15) is 5.26 Å². The smallest absolute Gasteiger partial charge is 0.134 e. The van der Waals surface area contributed by atoms with E-state index < -0.39 is 0 Å². The Labute approximate surface area is 82.8 Å². The van der Waals surface area contributed by atoms with Crippen LogP contribution in [-0.4, -0.2) is 0 Å². The molecule has 0 saturated heterocycles. The summed E-state index contributed by atoms with van der Waals surface area (Å²) >= 11 is 0. The molecule has 2 aromatic rings. The lowest BCUT2D eigenvalue weighted by molar-refractivity contribution is 0.612. The number of nitriles is 1. The molecule has 2 heteroatoms. The number of hydrogen-bond donors (Lipinski definition) is 0. The van der Waals surface area contributed by atoms with Gasteiger partial charge in [0.1, 0.15) is 5.58 Å². The van der Waals surface area contributed by atoms with E-state index in [-0.39, 0.29) is 0 Å². The highest BCUT2D eigenvalue weighted by Gasteiger charge is 2.05. The van der Waals surface area contributed by atoms with Crippen LogP contribution < -0.4 is 0 Å². The van der Waals surface area contributed by atoms with E-state index in [1.165, 1.54) is 5.56 Å². The molecule has 0 N–H and O–H groups in total. The Hall–Kier alpha value is -1.75. The maximum atomic E-state index is 8.63. The fraction of sp³-hybridized carbons (Fsp3) is 0.250. The van der Waals surface area contributed by atoms with Crippen LogP contribution in [0.1, 0.15) is 18.1 Å². The summed E-state index contributed by atoms with van der Waals surface area (Å²) in [7, 11) is 0. The summed E-state index contributed by atoms with van der Waals surface area (Å²) in [6, 6.07) is 8.27. The summed E-state index contributed by atoms with van der Waals surface area (Å²) in [5.74, 6) is 0. The van der Waals surface area contributed by atoms with Gasteiger partial charge in [0, 0.05) is 10.9 Å². The zero-order chi connectivity index (χ0) is 9.97. The molecule has 70 valence electrons. The first-order chi connectivity index (χ1) is 6.85. The van der Waals surface area contributed by atoms with Gasteiger partial charge in [-0.25, -0.2) is 0 Å². The molecule has 1 aromatic carbocycles. The van der Waals surface area contributed by atoms with Gasteiger partial charge in [0.2, 0.25) is 0 Å². The first kappa shape index (κ1) is 8.83. The average molecular weight is 185 g/mol. The molecule has 0 amide bonds. The van der Waals surface area contributed by atoms with Gasteiger partial charge in [0.15, 0.2) is 0 Å². The zero-order valence-electron chi connectivity index (χ0n) is 8.08. The standard InChI is InChI=1S/C12H11NO/c1-2-9-3-4-12-11(7-9)10(5-6-13)8-14-12/h3-4,7-8H,2,5H2,1H3. The summed E-state index contributed by atoms with van der Waals surface area (Å²) in [5.41, 5.74) is 3.13. The lowest BCUT2D eigenvalue weighted by atomic mass is 10.1. The Morgan fingerprint density at radius 1 is 1.43 bits per heavy atom. The molecule has 2 rings (SSSR count). The third-order valence-corrected chi connectivity index (χ3v) is 2.40. The average Bonchev–Trinajstić information content (AvgIpc) is 2.61. The molecule has 0 aliphatic rings. The van der Waals surface area contributed by atoms with Gasteiger partial charge < -0.3 is 4.42 Å². The van der Waals surface area contributed by atoms with E-state index in [9.17, 15) is 0 Å². The summed E-state index contributed by atoms with van der Waals surface area (Å²) in [6.07, 6.45) is 3.10. The molecule has 0 aliphatic carbocycles. The van der Waals surface area contributed by atoms with E-state index in [1.807, 2.05) is 6.07 Å². The number of benzene rings is 1. The monoisotopic (exact) mass is 185 g/mol. The quantitative estimate of drug-likeness (QED) is 0.721. The molecule has 0 bridgehead atoms. The van der Waals surface area contributed by atoms with Crippen LogP contribution in [0.15, 0.2) is 28.9 Å². The van der Waals surface area contributed by atoms with E-state index in [4.69, 9.17) is 9.68 Å². The molecule has 0 radical (unpaired) electrons. The Bertz CT molecular complexity index is 490. The highest BCUT2D eigenvalue weighted by Crippen LogP contribution is 2.22. The molecule has 1 aromatic heterocycles. The Kier molecular flexibility index (Phi) is 2.24. The predicted octanol–water partition coefficient (Wildman–Crippen LogP) is 3.06. The van der Waals surface area contributed by atoms with Crippen LogP contribution in [0.4, 0.5) is 0 Å². The van der Waals surface area contributed by atoms with Crippen molar-refractivity contribution in [3.63, 3.8) is 0 Å². The first-order valence-electron chi connectivity index (χ1n) is 4.71. The van der Waals surface area contributed by atoms with Gasteiger partial charge in [-0.05, 0) is 24.1 Å². The van der Waals surface area contributed by atoms with Crippen molar-refractivity contribution in [1.29, 1.82) is 5.26 Å². The molecule has 2 nitrogen and oxygen atoms in total. The van der Waals surface area contributed by atoms with Crippen molar-refractivity contribution >= 4 is 11.0 Å². The van der Waals surface area contributed by atoms with Gasteiger partial charge in [-0.15, -0.1) is 0 Å². The number of rotatable bonds is 2. The Morgan fingerprint density at radius 3 is 3.00 bits per heavy atom. The second-order valence-electron chi connectivity index (χ2n) is 3.28. The predicted molar refractivity (Wildman–Crippen MR) is 54.9 cm³/mol. The molecule has 0 atom stereocenters. The molecule has 14 heavy (non-hydrogen) atoms. The van der Waals surface area contributed by atoms with E-state index in [0.29, 0.717) is 6.42 Å². The SMILES string of the molecule is CCc1ccc2occ(CC#N)c2c1. The normalized spacial score (nSPS) is 10.3. The van der Waals surface area contributed by atoms with Gasteiger partial charge in [-0.3, -0.25) is 0 Å². The molecule has 0 aliphatic heterocycles. The van der Waals surface area contributed by atoms with Gasteiger partial charge >= 0.3 is 0 Å². The highest BCUT2D eigenvalue weighted by atomic mass is 16.3. The van der Waals surface area contributed by atoms with Gasteiger partial charge in [0.25, 0.3) is 0 Å². The first-order valence-corrected chi connectivity index (χ1v) is 4.71. The van der Waals surface area contributed by atoms with Crippen LogP contribution in [0.5, 0.6) is 0 Å². The van der Waals surface area contributed by atoms with E-state index in [0.717, 1.165) is 23.0 Å². The zero-order valence-corrected chi connectivity index (χ0v) is 8.08. The third kappa shape index (κ3) is 1.38. The number of furan rings is 1. The van der Waals surface area contributed by atoms with Gasteiger partial charge in [0.05, 0.1) is 18.8 Å². The van der Waals surface area contributed by atoms with Crippen LogP contribution in [0.25, 0.3) is 11.0 Å². The Morgan fingerprint density at radius 2 is 2.29 bits per heavy atom. The number of nitrogens with zero attached hydrogens (tertiary/aromatic N) is 1. The van der Waals surface area contributed by atoms with Crippen LogP contribution in [0.2, 0.25) is 0 Å². The molecule has 0 fully saturated rings. The minimum Gasteiger partial charge on any atom is -0.464 e. The van der Waals surface area contributed by atoms with E-state index in [1.54, 1.807) is 6.26 Å². The van der Waals surface area contributed by atoms with E-state index >= 15 is 0 Å². The van der Waals surface area contributed by atoms with Crippen molar-refractivity contribution in [3.8, 4) is 6.07 Å². The lowest BCUT2D eigenvalue weighted by Crippen LogP contribution is -1.81. The maximum absolute atomic E-state index is 8.63. The summed E-state index contributed by atoms with van der Waals surface area (Å²) in [6.45, 7) is 2.12. The van der Waals surface area contributed by atoms with E-state index in [2.05, 4.69) is 25.1 Å². The van der Waals surface area contributed by atoms with Crippen LogP contribution >= 0.6 is 0 Å². The fourth-order valence-electron chi connectivity index (χ4n) is 1.57. The number of fused-ring (bicyclic) bond motifs is 1. The lowest BCUT2D eigenvalue weighted by Gasteiger charge is -1.96. The maximum Gasteiger partial charge on any atom is 0.134 e. The van der Waals surface area contributed by atoms with Crippen molar-refractivity contribution in [2.24, 2.45) is 0 Å². The summed E-state index contributed by atoms with van der Waals surface area (Å²) in [5, 5.41) is 9.71. The van der Waals surface area contributed by atoms with Crippen molar-refractivity contribution in [2.45, 2.75) is 19.8 Å². The van der Waals surface area contributed by atoms with Crippen molar-refractivity contribution in [1.82, 2.24) is 0 Å². The van der Waals surface area contributed by atoms with Crippen molar-refractivity contribution < 1.29 is 4.42 Å².